The van der Waals surface area contributed by atoms with Crippen LogP contribution in [0.3, 0.4) is 0 Å². The van der Waals surface area contributed by atoms with Gasteiger partial charge >= 0.3 is 5.82 Å². The van der Waals surface area contributed by atoms with Crippen molar-refractivity contribution in [1.82, 2.24) is 41.0 Å². The van der Waals surface area contributed by atoms with E-state index in [4.69, 9.17) is 9.72 Å². The zero-order valence-corrected chi connectivity index (χ0v) is 29.0. The van der Waals surface area contributed by atoms with E-state index in [-0.39, 0.29) is 37.1 Å². The zero-order valence-electron chi connectivity index (χ0n) is 28.2. The Morgan fingerprint density at radius 1 is 0.865 bits per heavy atom. The van der Waals surface area contributed by atoms with E-state index in [9.17, 15) is 14.0 Å². The van der Waals surface area contributed by atoms with Gasteiger partial charge in [-0.25, -0.2) is 9.37 Å². The highest BCUT2D eigenvalue weighted by molar-refractivity contribution is 7.18. The molecule has 14 nitrogen and oxygen atoms in total. The van der Waals surface area contributed by atoms with Gasteiger partial charge in [0.05, 0.1) is 47.5 Å². The number of thiazole rings is 1. The van der Waals surface area contributed by atoms with E-state index in [1.807, 2.05) is 67.6 Å². The Hall–Kier alpha value is -6.42. The third kappa shape index (κ3) is 7.66. The summed E-state index contributed by atoms with van der Waals surface area (Å²) in [5, 5.41) is 26.5. The van der Waals surface area contributed by atoms with E-state index in [1.165, 1.54) is 21.8 Å². The Labute approximate surface area is 300 Å². The number of rotatable bonds is 13. The van der Waals surface area contributed by atoms with Gasteiger partial charge in [0.2, 0.25) is 17.6 Å². The second-order valence-electron chi connectivity index (χ2n) is 11.7. The number of carbonyl (C=O) groups is 2. The van der Waals surface area contributed by atoms with E-state index in [2.05, 4.69) is 36.0 Å². The van der Waals surface area contributed by atoms with Crippen LogP contribution in [0.1, 0.15) is 30.3 Å². The predicted octanol–water partition coefficient (Wildman–Crippen LogP) is 5.26. The van der Waals surface area contributed by atoms with Crippen molar-refractivity contribution < 1.29 is 23.5 Å². The number of halogens is 1. The summed E-state index contributed by atoms with van der Waals surface area (Å²) in [7, 11) is 1.58. The summed E-state index contributed by atoms with van der Waals surface area (Å²) in [5.41, 5.74) is 3.79. The van der Waals surface area contributed by atoms with E-state index in [1.54, 1.807) is 41.5 Å². The molecule has 3 heterocycles. The smallest absolute Gasteiger partial charge is 0.338 e. The SMILES string of the molecule is CCC(=O)N(Cc1nc2ccccc2s1)c1cccc(-c2n[nH][n+](CCC(=O)N(Cc3ccc(OC)cc3)c3cc(F)cc(-c4nn[nH]n4)c3)n2)c1. The quantitative estimate of drug-likeness (QED) is 0.151. The molecule has 0 saturated carbocycles. The summed E-state index contributed by atoms with van der Waals surface area (Å²) in [6.45, 7) is 2.49. The molecule has 7 rings (SSSR count). The number of para-hydroxylation sites is 1. The van der Waals surface area contributed by atoms with Crippen molar-refractivity contribution in [2.24, 2.45) is 0 Å². The number of aromatic nitrogens is 9. The van der Waals surface area contributed by atoms with Crippen LogP contribution in [0, 0.1) is 5.82 Å². The fourth-order valence-corrected chi connectivity index (χ4v) is 6.61. The molecule has 0 unspecified atom stereocenters. The number of nitrogens with one attached hydrogen (secondary N) is 2. The van der Waals surface area contributed by atoms with Crippen LogP contribution in [-0.4, -0.2) is 59.9 Å². The first-order valence-electron chi connectivity index (χ1n) is 16.4. The van der Waals surface area contributed by atoms with Gasteiger partial charge < -0.3 is 14.5 Å². The molecule has 52 heavy (non-hydrogen) atoms. The van der Waals surface area contributed by atoms with Gasteiger partial charge in [0, 0.05) is 23.4 Å². The zero-order chi connectivity index (χ0) is 36.0. The Kier molecular flexibility index (Phi) is 9.97. The van der Waals surface area contributed by atoms with Crippen LogP contribution in [0.15, 0.2) is 91.0 Å². The first-order chi connectivity index (χ1) is 25.4. The number of anilines is 2. The summed E-state index contributed by atoms with van der Waals surface area (Å²) >= 11 is 1.56. The number of H-pyrrole nitrogens is 2. The third-order valence-corrected chi connectivity index (χ3v) is 9.30. The number of methoxy groups -OCH3 is 1. The van der Waals surface area contributed by atoms with Gasteiger partial charge in [-0.1, -0.05) is 42.1 Å². The molecular formula is C36H33FN11O3S+. The maximum atomic E-state index is 14.9. The lowest BCUT2D eigenvalue weighted by Crippen LogP contribution is -2.42. The van der Waals surface area contributed by atoms with Crippen LogP contribution < -0.4 is 19.3 Å². The number of benzene rings is 4. The molecule has 262 valence electrons. The lowest BCUT2D eigenvalue weighted by atomic mass is 10.1. The second kappa shape index (κ2) is 15.2. The molecule has 0 aliphatic rings. The molecule has 0 radical (unpaired) electrons. The highest BCUT2D eigenvalue weighted by Gasteiger charge is 2.23. The van der Waals surface area contributed by atoms with Crippen molar-refractivity contribution in [3.8, 4) is 28.5 Å². The van der Waals surface area contributed by atoms with Crippen LogP contribution in [0.25, 0.3) is 33.0 Å². The van der Waals surface area contributed by atoms with Crippen LogP contribution in [0.2, 0.25) is 0 Å². The highest BCUT2D eigenvalue weighted by atomic mass is 32.1. The number of hydrogen-bond acceptors (Lipinski definition) is 10. The number of fused-ring (bicyclic) bond motifs is 1. The number of carbonyl (C=O) groups excluding carboxylic acids is 2. The number of aryl methyl sites for hydroxylation is 1. The molecule has 0 fully saturated rings. The molecule has 0 atom stereocenters. The minimum absolute atomic E-state index is 0.0184. The molecule has 3 aromatic heterocycles. The minimum atomic E-state index is -0.555. The molecule has 2 N–H and O–H groups in total. The van der Waals surface area contributed by atoms with Gasteiger partial charge in [0.1, 0.15) is 23.1 Å². The Morgan fingerprint density at radius 3 is 2.44 bits per heavy atom. The Bertz CT molecular complexity index is 2290. The van der Waals surface area contributed by atoms with Crippen LogP contribution in [-0.2, 0) is 29.2 Å². The average molecular weight is 719 g/mol. The number of ether oxygens (including phenoxy) is 1. The van der Waals surface area contributed by atoms with Crippen molar-refractivity contribution in [1.29, 1.82) is 0 Å². The van der Waals surface area contributed by atoms with Crippen molar-refractivity contribution in [2.45, 2.75) is 39.4 Å². The fraction of sp³-hybridized carbons (Fsp3) is 0.194. The van der Waals surface area contributed by atoms with Crippen molar-refractivity contribution in [3.63, 3.8) is 0 Å². The van der Waals surface area contributed by atoms with Gasteiger partial charge in [0.25, 0.3) is 0 Å². The van der Waals surface area contributed by atoms with E-state index >= 15 is 0 Å². The lowest BCUT2D eigenvalue weighted by molar-refractivity contribution is -0.803. The standard InChI is InChI=1S/C36H32FN11O3S/c1-3-33(49)47(22-32-38-30-9-4-5-10-31(30)52-32)27-8-6-7-24(18-27)36-41-45-48(42-36)16-15-34(50)46(21-23-11-13-29(51-2)14-12-23)28-19-25(17-26(37)20-28)35-39-43-44-40-35/h4-14,17-20H,3,15-16,21-22H2,1-2H3,(H,39,40,43,44)/p+1. The van der Waals surface area contributed by atoms with E-state index < -0.39 is 5.82 Å². The minimum Gasteiger partial charge on any atom is -0.497 e. The second-order valence-corrected chi connectivity index (χ2v) is 12.8. The van der Waals surface area contributed by atoms with Crippen molar-refractivity contribution in [3.05, 3.63) is 107 Å². The summed E-state index contributed by atoms with van der Waals surface area (Å²) in [6, 6.07) is 26.8. The largest absolute Gasteiger partial charge is 0.497 e. The van der Waals surface area contributed by atoms with Gasteiger partial charge in [-0.15, -0.1) is 21.5 Å². The summed E-state index contributed by atoms with van der Waals surface area (Å²) in [5.74, 6) is 0.389. The fourth-order valence-electron chi connectivity index (χ4n) is 5.65. The van der Waals surface area contributed by atoms with Crippen molar-refractivity contribution in [2.75, 3.05) is 16.9 Å². The van der Waals surface area contributed by atoms with Crippen LogP contribution >= 0.6 is 11.3 Å². The van der Waals surface area contributed by atoms with E-state index in [0.29, 0.717) is 47.0 Å². The molecule has 0 aliphatic carbocycles. The Balaban J connectivity index is 1.09. The maximum Gasteiger partial charge on any atom is 0.338 e. The molecule has 0 spiro atoms. The number of tetrazole rings is 2. The number of hydrogen-bond donors (Lipinski definition) is 2. The molecule has 7 aromatic rings. The van der Waals surface area contributed by atoms with Gasteiger partial charge in [0.15, 0.2) is 0 Å². The summed E-state index contributed by atoms with van der Waals surface area (Å²) in [4.78, 5) is 36.4. The maximum absolute atomic E-state index is 14.9. The normalized spacial score (nSPS) is 11.1. The summed E-state index contributed by atoms with van der Waals surface area (Å²) in [6.07, 6.45) is 0.345. The molecule has 0 aliphatic heterocycles. The monoisotopic (exact) mass is 718 g/mol. The third-order valence-electron chi connectivity index (χ3n) is 8.27. The lowest BCUT2D eigenvalue weighted by Gasteiger charge is -2.23. The summed E-state index contributed by atoms with van der Waals surface area (Å²) < 4.78 is 21.2. The Morgan fingerprint density at radius 2 is 1.67 bits per heavy atom. The van der Waals surface area contributed by atoms with Gasteiger partial charge in [-0.05, 0) is 81.8 Å². The van der Waals surface area contributed by atoms with Crippen LogP contribution in [0.5, 0.6) is 5.75 Å². The topological polar surface area (TPSA) is 163 Å². The molecular weight excluding hydrogens is 686 g/mol. The van der Waals surface area contributed by atoms with Gasteiger partial charge in [-0.3, -0.25) is 9.59 Å². The highest BCUT2D eigenvalue weighted by Crippen LogP contribution is 2.29. The molecule has 0 bridgehead atoms. The number of amides is 2. The van der Waals surface area contributed by atoms with E-state index in [0.717, 1.165) is 20.8 Å². The first kappa shape index (κ1) is 34.0. The van der Waals surface area contributed by atoms with Crippen LogP contribution in [0.4, 0.5) is 15.8 Å². The van der Waals surface area contributed by atoms with Gasteiger partial charge in [-0.2, -0.15) is 5.21 Å². The molecule has 0 saturated heterocycles. The molecule has 2 amide bonds. The predicted molar refractivity (Wildman–Crippen MR) is 191 cm³/mol. The number of nitrogens with zero attached hydrogens (tertiary/aromatic N) is 9. The van der Waals surface area contributed by atoms with Crippen molar-refractivity contribution >= 4 is 44.7 Å². The molecule has 16 heteroatoms. The average Bonchev–Trinajstić information content (AvgIpc) is 3.97. The molecule has 4 aromatic carbocycles. The number of aromatic amines is 2. The first-order valence-corrected chi connectivity index (χ1v) is 17.2.